The molecule has 108 valence electrons. The summed E-state index contributed by atoms with van der Waals surface area (Å²) in [6, 6.07) is 6.12. The molecule has 1 aromatic carbocycles. The van der Waals surface area contributed by atoms with E-state index in [0.29, 0.717) is 25.6 Å². The zero-order valence-corrected chi connectivity index (χ0v) is 12.3. The molecule has 4 nitrogen and oxygen atoms in total. The van der Waals surface area contributed by atoms with Crippen molar-refractivity contribution in [3.8, 4) is 11.5 Å². The van der Waals surface area contributed by atoms with Gasteiger partial charge in [-0.15, -0.1) is 0 Å². The minimum atomic E-state index is -0.423. The average molecular weight is 267 g/mol. The van der Waals surface area contributed by atoms with Crippen LogP contribution in [-0.4, -0.2) is 31.0 Å². The third-order valence-electron chi connectivity index (χ3n) is 2.87. The van der Waals surface area contributed by atoms with Crippen LogP contribution < -0.4 is 14.8 Å². The first kappa shape index (κ1) is 15.8. The Morgan fingerprint density at radius 1 is 1.32 bits per heavy atom. The predicted octanol–water partition coefficient (Wildman–Crippen LogP) is 2.34. The second kappa shape index (κ2) is 8.02. The van der Waals surface area contributed by atoms with Crippen molar-refractivity contribution < 1.29 is 14.6 Å². The van der Waals surface area contributed by atoms with Gasteiger partial charge in [-0.25, -0.2) is 0 Å². The summed E-state index contributed by atoms with van der Waals surface area (Å²) in [6.45, 7) is 7.16. The van der Waals surface area contributed by atoms with Crippen molar-refractivity contribution in [1.82, 2.24) is 5.32 Å². The van der Waals surface area contributed by atoms with Crippen LogP contribution in [0.5, 0.6) is 11.5 Å². The molecule has 0 aliphatic rings. The Kier molecular flexibility index (Phi) is 6.67. The molecule has 0 heterocycles. The third kappa shape index (κ3) is 5.49. The average Bonchev–Trinajstić information content (AvgIpc) is 2.42. The molecule has 1 unspecified atom stereocenters. The van der Waals surface area contributed by atoms with Crippen molar-refractivity contribution in [2.24, 2.45) is 0 Å². The summed E-state index contributed by atoms with van der Waals surface area (Å²) in [7, 11) is 1.65. The molecular weight excluding hydrogens is 242 g/mol. The van der Waals surface area contributed by atoms with Gasteiger partial charge in [0.2, 0.25) is 0 Å². The quantitative estimate of drug-likeness (QED) is 0.759. The molecule has 0 bridgehead atoms. The molecule has 19 heavy (non-hydrogen) atoms. The molecule has 0 saturated heterocycles. The van der Waals surface area contributed by atoms with Crippen molar-refractivity contribution >= 4 is 0 Å². The number of rotatable bonds is 8. The summed E-state index contributed by atoms with van der Waals surface area (Å²) in [5.41, 5.74) is 1.04. The van der Waals surface area contributed by atoms with Crippen LogP contribution in [0, 0.1) is 0 Å². The fourth-order valence-corrected chi connectivity index (χ4v) is 1.58. The van der Waals surface area contributed by atoms with Gasteiger partial charge in [-0.05, 0) is 24.6 Å². The molecule has 0 radical (unpaired) electrons. The summed E-state index contributed by atoms with van der Waals surface area (Å²) in [4.78, 5) is 0. The van der Waals surface area contributed by atoms with Gasteiger partial charge in [0.1, 0.15) is 18.1 Å². The molecule has 0 aliphatic carbocycles. The molecule has 0 fully saturated rings. The highest BCUT2D eigenvalue weighted by Gasteiger charge is 2.09. The van der Waals surface area contributed by atoms with Gasteiger partial charge in [-0.1, -0.05) is 20.8 Å². The van der Waals surface area contributed by atoms with E-state index in [4.69, 9.17) is 9.47 Å². The van der Waals surface area contributed by atoms with Crippen molar-refractivity contribution in [2.75, 3.05) is 13.7 Å². The van der Waals surface area contributed by atoms with Gasteiger partial charge in [-0.2, -0.15) is 0 Å². The monoisotopic (exact) mass is 267 g/mol. The van der Waals surface area contributed by atoms with E-state index in [9.17, 15) is 5.11 Å². The Labute approximate surface area is 115 Å². The summed E-state index contributed by atoms with van der Waals surface area (Å²) < 4.78 is 10.9. The van der Waals surface area contributed by atoms with E-state index < -0.39 is 6.10 Å². The van der Waals surface area contributed by atoms with Gasteiger partial charge in [0.15, 0.2) is 0 Å². The van der Waals surface area contributed by atoms with Crippen LogP contribution in [0.3, 0.4) is 0 Å². The molecular formula is C15H25NO3. The lowest BCUT2D eigenvalue weighted by Gasteiger charge is -2.16. The zero-order valence-electron chi connectivity index (χ0n) is 12.3. The molecule has 0 aliphatic heterocycles. The number of ether oxygens (including phenoxy) is 2. The lowest BCUT2D eigenvalue weighted by molar-refractivity contribution is 0.104. The van der Waals surface area contributed by atoms with Crippen LogP contribution in [0.1, 0.15) is 32.8 Å². The number of methoxy groups -OCH3 is 1. The van der Waals surface area contributed by atoms with Crippen LogP contribution in [0.4, 0.5) is 0 Å². The molecule has 0 saturated carbocycles. The van der Waals surface area contributed by atoms with E-state index in [-0.39, 0.29) is 0 Å². The lowest BCUT2D eigenvalue weighted by atomic mass is 10.1. The van der Waals surface area contributed by atoms with Crippen LogP contribution in [0.2, 0.25) is 0 Å². The number of hydrogen-bond donors (Lipinski definition) is 2. The summed E-state index contributed by atoms with van der Waals surface area (Å²) in [5, 5.41) is 12.9. The molecule has 0 amide bonds. The first-order valence-corrected chi connectivity index (χ1v) is 6.78. The molecule has 1 rings (SSSR count). The highest BCUT2D eigenvalue weighted by Crippen LogP contribution is 2.24. The molecule has 1 aromatic rings. The maximum atomic E-state index is 9.56. The van der Waals surface area contributed by atoms with Gasteiger partial charge in [0.05, 0.1) is 13.2 Å². The van der Waals surface area contributed by atoms with Gasteiger partial charge in [-0.3, -0.25) is 0 Å². The van der Waals surface area contributed by atoms with Gasteiger partial charge >= 0.3 is 0 Å². The fraction of sp³-hybridized carbons (Fsp3) is 0.600. The number of hydrogen-bond acceptors (Lipinski definition) is 4. The molecule has 2 N–H and O–H groups in total. The van der Waals surface area contributed by atoms with Crippen LogP contribution in [0.25, 0.3) is 0 Å². The Morgan fingerprint density at radius 3 is 2.63 bits per heavy atom. The minimum Gasteiger partial charge on any atom is -0.497 e. The second-order valence-electron chi connectivity index (χ2n) is 4.88. The Morgan fingerprint density at radius 2 is 2.05 bits per heavy atom. The lowest BCUT2D eigenvalue weighted by Crippen LogP contribution is -2.23. The Balaban J connectivity index is 2.76. The van der Waals surface area contributed by atoms with Gasteiger partial charge in [0.25, 0.3) is 0 Å². The largest absolute Gasteiger partial charge is 0.497 e. The summed E-state index contributed by atoms with van der Waals surface area (Å²) in [6.07, 6.45) is 0.267. The van der Waals surface area contributed by atoms with E-state index in [0.717, 1.165) is 17.1 Å². The number of nitrogens with one attached hydrogen (secondary N) is 1. The number of aliphatic hydroxyl groups is 1. The maximum Gasteiger partial charge on any atom is 0.124 e. The van der Waals surface area contributed by atoms with Crippen molar-refractivity contribution in [3.63, 3.8) is 0 Å². The van der Waals surface area contributed by atoms with E-state index >= 15 is 0 Å². The minimum absolute atomic E-state index is 0.317. The van der Waals surface area contributed by atoms with E-state index in [1.54, 1.807) is 7.11 Å². The highest BCUT2D eigenvalue weighted by atomic mass is 16.5. The summed E-state index contributed by atoms with van der Waals surface area (Å²) in [5.74, 6) is 1.60. The van der Waals surface area contributed by atoms with E-state index in [1.807, 2.05) is 25.1 Å². The normalized spacial score (nSPS) is 12.5. The van der Waals surface area contributed by atoms with Gasteiger partial charge < -0.3 is 19.9 Å². The van der Waals surface area contributed by atoms with Crippen LogP contribution in [0.15, 0.2) is 18.2 Å². The van der Waals surface area contributed by atoms with Crippen LogP contribution in [-0.2, 0) is 6.54 Å². The van der Waals surface area contributed by atoms with Crippen LogP contribution >= 0.6 is 0 Å². The second-order valence-corrected chi connectivity index (χ2v) is 4.88. The molecule has 0 aromatic heterocycles. The Hall–Kier alpha value is -1.26. The SMILES string of the molecule is CCC(O)COc1ccc(OC)cc1CNC(C)C. The fourth-order valence-electron chi connectivity index (χ4n) is 1.58. The first-order valence-electron chi connectivity index (χ1n) is 6.78. The molecule has 4 heteroatoms. The highest BCUT2D eigenvalue weighted by molar-refractivity contribution is 5.40. The van der Waals surface area contributed by atoms with E-state index in [1.165, 1.54) is 0 Å². The standard InChI is InChI=1S/C15H25NO3/c1-5-13(17)10-19-15-7-6-14(18-4)8-12(15)9-16-11(2)3/h6-8,11,13,16-17H,5,9-10H2,1-4H3. The predicted molar refractivity (Wildman–Crippen MR) is 76.8 cm³/mol. The van der Waals surface area contributed by atoms with Gasteiger partial charge in [0, 0.05) is 18.2 Å². The van der Waals surface area contributed by atoms with E-state index in [2.05, 4.69) is 19.2 Å². The number of benzene rings is 1. The maximum absolute atomic E-state index is 9.56. The number of aliphatic hydroxyl groups excluding tert-OH is 1. The first-order chi connectivity index (χ1) is 9.06. The molecule has 1 atom stereocenters. The third-order valence-corrected chi connectivity index (χ3v) is 2.87. The van der Waals surface area contributed by atoms with Crippen molar-refractivity contribution in [1.29, 1.82) is 0 Å². The van der Waals surface area contributed by atoms with Crippen molar-refractivity contribution in [2.45, 2.75) is 45.9 Å². The molecule has 0 spiro atoms. The van der Waals surface area contributed by atoms with Crippen molar-refractivity contribution in [3.05, 3.63) is 23.8 Å². The Bertz CT molecular complexity index is 380. The topological polar surface area (TPSA) is 50.7 Å². The zero-order chi connectivity index (χ0) is 14.3. The smallest absolute Gasteiger partial charge is 0.124 e. The summed E-state index contributed by atoms with van der Waals surface area (Å²) >= 11 is 0.